The molecule has 6 heteroatoms. The van der Waals surface area contributed by atoms with Gasteiger partial charge in [0.25, 0.3) is 0 Å². The zero-order chi connectivity index (χ0) is 16.1. The van der Waals surface area contributed by atoms with Gasteiger partial charge in [0.1, 0.15) is 12.1 Å². The molecule has 0 saturated heterocycles. The molecule has 1 heterocycles. The van der Waals surface area contributed by atoms with E-state index in [0.717, 1.165) is 47.7 Å². The summed E-state index contributed by atoms with van der Waals surface area (Å²) in [7, 11) is 0. The van der Waals surface area contributed by atoms with Crippen molar-refractivity contribution in [3.05, 3.63) is 46.9 Å². The molecule has 4 nitrogen and oxygen atoms in total. The number of fused-ring (bicyclic) bond motifs is 1. The molecule has 1 aromatic heterocycles. The van der Waals surface area contributed by atoms with E-state index in [4.69, 9.17) is 11.6 Å². The van der Waals surface area contributed by atoms with Crippen LogP contribution in [0.15, 0.2) is 35.5 Å². The number of carbonyl (C=O) groups is 1. The van der Waals surface area contributed by atoms with Crippen molar-refractivity contribution in [2.45, 2.75) is 37.0 Å². The lowest BCUT2D eigenvalue weighted by molar-refractivity contribution is -0.116. The minimum Gasteiger partial charge on any atom is -0.310 e. The number of anilines is 1. The van der Waals surface area contributed by atoms with E-state index in [-0.39, 0.29) is 5.91 Å². The van der Waals surface area contributed by atoms with Gasteiger partial charge in [0, 0.05) is 27.6 Å². The average molecular weight is 348 g/mol. The molecule has 23 heavy (non-hydrogen) atoms. The monoisotopic (exact) mass is 347 g/mol. The Hall–Kier alpha value is -1.59. The first-order valence-corrected chi connectivity index (χ1v) is 9.10. The molecule has 1 aliphatic rings. The Balaban J connectivity index is 1.43. The Morgan fingerprint density at radius 1 is 1.22 bits per heavy atom. The summed E-state index contributed by atoms with van der Waals surface area (Å²) in [5.41, 5.74) is 2.19. The van der Waals surface area contributed by atoms with Gasteiger partial charge in [-0.05, 0) is 55.7 Å². The van der Waals surface area contributed by atoms with E-state index >= 15 is 0 Å². The van der Waals surface area contributed by atoms with Crippen molar-refractivity contribution in [2.75, 3.05) is 11.1 Å². The Labute approximate surface area is 145 Å². The summed E-state index contributed by atoms with van der Waals surface area (Å²) in [5.74, 6) is 1.62. The maximum absolute atomic E-state index is 12.1. The van der Waals surface area contributed by atoms with Crippen molar-refractivity contribution in [3.63, 3.8) is 0 Å². The van der Waals surface area contributed by atoms with Crippen molar-refractivity contribution in [3.8, 4) is 0 Å². The Morgan fingerprint density at radius 3 is 2.87 bits per heavy atom. The molecule has 2 aromatic rings. The first kappa shape index (κ1) is 16.3. The Morgan fingerprint density at radius 2 is 2.04 bits per heavy atom. The van der Waals surface area contributed by atoms with Crippen LogP contribution in [0.25, 0.3) is 0 Å². The second-order valence-corrected chi connectivity index (χ2v) is 7.06. The lowest BCUT2D eigenvalue weighted by Gasteiger charge is -2.08. The summed E-state index contributed by atoms with van der Waals surface area (Å²) >= 11 is 7.59. The normalized spacial score (nSPS) is 12.9. The highest BCUT2D eigenvalue weighted by Gasteiger charge is 2.18. The van der Waals surface area contributed by atoms with Gasteiger partial charge in [-0.2, -0.15) is 0 Å². The van der Waals surface area contributed by atoms with Crippen molar-refractivity contribution in [1.82, 2.24) is 9.97 Å². The zero-order valence-electron chi connectivity index (χ0n) is 12.7. The van der Waals surface area contributed by atoms with Gasteiger partial charge in [-0.25, -0.2) is 9.97 Å². The predicted octanol–water partition coefficient (Wildman–Crippen LogP) is 4.13. The number of nitrogens with one attached hydrogen (secondary N) is 1. The molecular weight excluding hydrogens is 330 g/mol. The number of carbonyl (C=O) groups excluding carboxylic acids is 1. The number of thioether (sulfide) groups is 1. The third-order valence-corrected chi connectivity index (χ3v) is 5.11. The molecule has 1 aromatic carbocycles. The molecular formula is C17H18ClN3OS. The maximum Gasteiger partial charge on any atom is 0.225 e. The number of aryl methyl sites for hydroxylation is 1. The third kappa shape index (κ3) is 4.45. The fraction of sp³-hybridized carbons (Fsp3) is 0.353. The predicted molar refractivity (Wildman–Crippen MR) is 94.1 cm³/mol. The van der Waals surface area contributed by atoms with Crippen LogP contribution in [0.3, 0.4) is 0 Å². The van der Waals surface area contributed by atoms with Gasteiger partial charge in [0.15, 0.2) is 0 Å². The highest BCUT2D eigenvalue weighted by molar-refractivity contribution is 7.99. The molecule has 0 unspecified atom stereocenters. The van der Waals surface area contributed by atoms with Crippen LogP contribution in [-0.2, 0) is 17.6 Å². The van der Waals surface area contributed by atoms with E-state index in [2.05, 4.69) is 15.3 Å². The van der Waals surface area contributed by atoms with Gasteiger partial charge in [-0.15, -0.1) is 11.8 Å². The van der Waals surface area contributed by atoms with Crippen LogP contribution < -0.4 is 5.32 Å². The van der Waals surface area contributed by atoms with Crippen molar-refractivity contribution in [2.24, 2.45) is 0 Å². The average Bonchev–Trinajstić information content (AvgIpc) is 3.03. The Kier molecular flexibility index (Phi) is 5.51. The minimum absolute atomic E-state index is 0.0227. The number of hydrogen-bond acceptors (Lipinski definition) is 4. The van der Waals surface area contributed by atoms with Crippen molar-refractivity contribution >= 4 is 35.1 Å². The van der Waals surface area contributed by atoms with Crippen molar-refractivity contribution in [1.29, 1.82) is 0 Å². The molecule has 1 aliphatic carbocycles. The zero-order valence-corrected chi connectivity index (χ0v) is 14.3. The Bertz CT molecular complexity index is 691. The summed E-state index contributed by atoms with van der Waals surface area (Å²) in [6.45, 7) is 0. The van der Waals surface area contributed by atoms with Gasteiger partial charge in [0.05, 0.1) is 0 Å². The number of benzene rings is 1. The standard InChI is InChI=1S/C17H18ClN3OS/c18-12-6-8-13(9-7-12)23-10-2-5-16(22)21-17-14-3-1-4-15(14)19-11-20-17/h6-9,11H,1-5,10H2,(H,19,20,21,22). The number of aromatic nitrogens is 2. The van der Waals surface area contributed by atoms with E-state index in [1.54, 1.807) is 11.8 Å². The lowest BCUT2D eigenvalue weighted by atomic mass is 10.2. The smallest absolute Gasteiger partial charge is 0.225 e. The summed E-state index contributed by atoms with van der Waals surface area (Å²) in [5, 5.41) is 3.67. The highest BCUT2D eigenvalue weighted by atomic mass is 35.5. The molecule has 1 N–H and O–H groups in total. The second kappa shape index (κ2) is 7.79. The molecule has 0 atom stereocenters. The molecule has 0 saturated carbocycles. The van der Waals surface area contributed by atoms with Crippen LogP contribution in [0.2, 0.25) is 5.02 Å². The van der Waals surface area contributed by atoms with E-state index < -0.39 is 0 Å². The van der Waals surface area contributed by atoms with Gasteiger partial charge < -0.3 is 5.32 Å². The largest absolute Gasteiger partial charge is 0.310 e. The number of nitrogens with zero attached hydrogens (tertiary/aromatic N) is 2. The number of hydrogen-bond donors (Lipinski definition) is 1. The summed E-state index contributed by atoms with van der Waals surface area (Å²) in [6, 6.07) is 7.76. The van der Waals surface area contributed by atoms with Crippen LogP contribution in [0, 0.1) is 0 Å². The van der Waals surface area contributed by atoms with Gasteiger partial charge in [0.2, 0.25) is 5.91 Å². The van der Waals surface area contributed by atoms with Gasteiger partial charge in [-0.1, -0.05) is 11.6 Å². The SMILES string of the molecule is O=C(CCCSc1ccc(Cl)cc1)Nc1ncnc2c1CCC2. The van der Waals surface area contributed by atoms with E-state index in [1.807, 2.05) is 24.3 Å². The minimum atomic E-state index is 0.0227. The molecule has 0 radical (unpaired) electrons. The highest BCUT2D eigenvalue weighted by Crippen LogP contribution is 2.25. The van der Waals surface area contributed by atoms with E-state index in [9.17, 15) is 4.79 Å². The molecule has 120 valence electrons. The topological polar surface area (TPSA) is 54.9 Å². The number of amides is 1. The fourth-order valence-corrected chi connectivity index (χ4v) is 3.59. The van der Waals surface area contributed by atoms with Gasteiger partial charge in [-0.3, -0.25) is 4.79 Å². The number of rotatable bonds is 6. The summed E-state index contributed by atoms with van der Waals surface area (Å²) in [4.78, 5) is 21.7. The van der Waals surface area contributed by atoms with E-state index in [1.165, 1.54) is 11.2 Å². The van der Waals surface area contributed by atoms with Crippen LogP contribution in [-0.4, -0.2) is 21.6 Å². The van der Waals surface area contributed by atoms with Crippen LogP contribution in [0.5, 0.6) is 0 Å². The molecule has 3 rings (SSSR count). The van der Waals surface area contributed by atoms with Crippen molar-refractivity contribution < 1.29 is 4.79 Å². The first-order valence-electron chi connectivity index (χ1n) is 7.73. The lowest BCUT2D eigenvalue weighted by Crippen LogP contribution is -2.14. The van der Waals surface area contributed by atoms with Gasteiger partial charge >= 0.3 is 0 Å². The number of halogens is 1. The molecule has 1 amide bonds. The molecule has 0 fully saturated rings. The van der Waals surface area contributed by atoms with Crippen LogP contribution in [0.4, 0.5) is 5.82 Å². The summed E-state index contributed by atoms with van der Waals surface area (Å²) in [6.07, 6.45) is 5.90. The van der Waals surface area contributed by atoms with Crippen LogP contribution in [0.1, 0.15) is 30.5 Å². The third-order valence-electron chi connectivity index (χ3n) is 3.76. The summed E-state index contributed by atoms with van der Waals surface area (Å²) < 4.78 is 0. The molecule has 0 bridgehead atoms. The fourth-order valence-electron chi connectivity index (χ4n) is 2.62. The van der Waals surface area contributed by atoms with E-state index in [0.29, 0.717) is 12.2 Å². The maximum atomic E-state index is 12.1. The van der Waals surface area contributed by atoms with Crippen LogP contribution >= 0.6 is 23.4 Å². The second-order valence-electron chi connectivity index (χ2n) is 5.46. The first-order chi connectivity index (χ1) is 11.2. The quantitative estimate of drug-likeness (QED) is 0.630. The molecule has 0 aliphatic heterocycles. The molecule has 0 spiro atoms.